The van der Waals surface area contributed by atoms with E-state index in [1.54, 1.807) is 31.4 Å². The molecule has 7 heteroatoms. The second-order valence-corrected chi connectivity index (χ2v) is 4.96. The third-order valence-electron chi connectivity index (χ3n) is 2.03. The van der Waals surface area contributed by atoms with Crippen LogP contribution in [0, 0.1) is 0 Å². The highest BCUT2D eigenvalue weighted by atomic mass is 79.9. The molecule has 0 aliphatic heterocycles. The molecular weight excluding hydrogens is 366 g/mol. The van der Waals surface area contributed by atoms with Gasteiger partial charge in [-0.3, -0.25) is 0 Å². The zero-order valence-corrected chi connectivity index (χ0v) is 12.5. The fourth-order valence-electron chi connectivity index (χ4n) is 1.25. The molecule has 94 valence electrons. The second-order valence-electron chi connectivity index (χ2n) is 3.30. The van der Waals surface area contributed by atoms with Crippen molar-refractivity contribution < 1.29 is 9.47 Å². The van der Waals surface area contributed by atoms with Crippen LogP contribution >= 0.6 is 31.9 Å². The molecule has 0 aliphatic carbocycles. The van der Waals surface area contributed by atoms with E-state index in [0.29, 0.717) is 16.2 Å². The number of anilines is 1. The maximum Gasteiger partial charge on any atom is 0.325 e. The van der Waals surface area contributed by atoms with Crippen molar-refractivity contribution in [2.45, 2.75) is 0 Å². The number of methoxy groups -OCH3 is 1. The predicted octanol–water partition coefficient (Wildman–Crippen LogP) is 3.38. The maximum atomic E-state index is 5.60. The van der Waals surface area contributed by atoms with Crippen molar-refractivity contribution in [3.05, 3.63) is 33.3 Å². The SMILES string of the molecule is COc1ccc(Oc2nc(N)cc(Br)n2)c(Br)c1. The summed E-state index contributed by atoms with van der Waals surface area (Å²) in [6.45, 7) is 0. The molecule has 0 aliphatic rings. The van der Waals surface area contributed by atoms with Crippen LogP contribution < -0.4 is 15.2 Å². The fourth-order valence-corrected chi connectivity index (χ4v) is 2.07. The molecule has 2 aromatic rings. The van der Waals surface area contributed by atoms with Crippen molar-refractivity contribution in [2.24, 2.45) is 0 Å². The maximum absolute atomic E-state index is 5.60. The Kier molecular flexibility index (Phi) is 4.03. The van der Waals surface area contributed by atoms with Gasteiger partial charge in [0.2, 0.25) is 0 Å². The van der Waals surface area contributed by atoms with E-state index in [0.717, 1.165) is 10.2 Å². The van der Waals surface area contributed by atoms with Gasteiger partial charge in [0.1, 0.15) is 21.9 Å². The molecule has 2 rings (SSSR count). The van der Waals surface area contributed by atoms with Crippen molar-refractivity contribution in [2.75, 3.05) is 12.8 Å². The first-order chi connectivity index (χ1) is 8.58. The van der Waals surface area contributed by atoms with Crippen molar-refractivity contribution in [1.82, 2.24) is 9.97 Å². The number of hydrogen-bond acceptors (Lipinski definition) is 5. The Morgan fingerprint density at radius 2 is 1.94 bits per heavy atom. The summed E-state index contributed by atoms with van der Waals surface area (Å²) in [5.74, 6) is 1.63. The molecule has 0 radical (unpaired) electrons. The van der Waals surface area contributed by atoms with E-state index in [4.69, 9.17) is 15.2 Å². The van der Waals surface area contributed by atoms with Crippen molar-refractivity contribution in [3.63, 3.8) is 0 Å². The van der Waals surface area contributed by atoms with Gasteiger partial charge in [0.05, 0.1) is 11.6 Å². The van der Waals surface area contributed by atoms with Crippen molar-refractivity contribution in [1.29, 1.82) is 0 Å². The summed E-state index contributed by atoms with van der Waals surface area (Å²) < 4.78 is 11.9. The van der Waals surface area contributed by atoms with E-state index in [9.17, 15) is 0 Å². The number of nitrogens with zero attached hydrogens (tertiary/aromatic N) is 2. The van der Waals surface area contributed by atoms with Crippen LogP contribution in [-0.4, -0.2) is 17.1 Å². The Balaban J connectivity index is 2.28. The number of nitrogen functional groups attached to an aromatic ring is 1. The lowest BCUT2D eigenvalue weighted by Crippen LogP contribution is -1.97. The third kappa shape index (κ3) is 3.11. The molecule has 0 unspecified atom stereocenters. The Morgan fingerprint density at radius 1 is 1.17 bits per heavy atom. The third-order valence-corrected chi connectivity index (χ3v) is 3.06. The number of aromatic nitrogens is 2. The van der Waals surface area contributed by atoms with Crippen LogP contribution in [-0.2, 0) is 0 Å². The number of hydrogen-bond donors (Lipinski definition) is 1. The van der Waals surface area contributed by atoms with E-state index in [1.165, 1.54) is 0 Å². The monoisotopic (exact) mass is 373 g/mol. The van der Waals surface area contributed by atoms with E-state index in [1.807, 2.05) is 0 Å². The lowest BCUT2D eigenvalue weighted by Gasteiger charge is -2.08. The van der Waals surface area contributed by atoms with Gasteiger partial charge in [0.15, 0.2) is 0 Å². The van der Waals surface area contributed by atoms with Gasteiger partial charge in [-0.25, -0.2) is 0 Å². The first-order valence-corrected chi connectivity index (χ1v) is 6.48. The normalized spacial score (nSPS) is 10.2. The first-order valence-electron chi connectivity index (χ1n) is 4.90. The topological polar surface area (TPSA) is 70.3 Å². The van der Waals surface area contributed by atoms with Crippen LogP contribution in [0.15, 0.2) is 33.3 Å². The minimum Gasteiger partial charge on any atom is -0.497 e. The Labute approximate surface area is 121 Å². The highest BCUT2D eigenvalue weighted by Crippen LogP contribution is 2.32. The average Bonchev–Trinajstić information content (AvgIpc) is 2.30. The van der Waals surface area contributed by atoms with Gasteiger partial charge in [-0.05, 0) is 50.1 Å². The lowest BCUT2D eigenvalue weighted by atomic mass is 10.3. The Bertz CT molecular complexity index is 558. The molecule has 2 N–H and O–H groups in total. The average molecular weight is 375 g/mol. The van der Waals surface area contributed by atoms with Gasteiger partial charge in [-0.1, -0.05) is 0 Å². The van der Waals surface area contributed by atoms with Crippen molar-refractivity contribution >= 4 is 37.7 Å². The highest BCUT2D eigenvalue weighted by Gasteiger charge is 2.08. The van der Waals surface area contributed by atoms with Crippen LogP contribution in [0.5, 0.6) is 17.5 Å². The summed E-state index contributed by atoms with van der Waals surface area (Å²) in [6, 6.07) is 7.09. The van der Waals surface area contributed by atoms with Crippen LogP contribution in [0.4, 0.5) is 5.82 Å². The largest absolute Gasteiger partial charge is 0.497 e. The first kappa shape index (κ1) is 13.1. The minimum atomic E-state index is 0.174. The van der Waals surface area contributed by atoms with Gasteiger partial charge in [0.25, 0.3) is 0 Å². The standard InChI is InChI=1S/C11H9Br2N3O2/c1-17-6-2-3-8(7(12)4-6)18-11-15-9(13)5-10(14)16-11/h2-5H,1H3,(H2,14,15,16). The zero-order chi connectivity index (χ0) is 13.1. The number of benzene rings is 1. The predicted molar refractivity (Wildman–Crippen MR) is 74.9 cm³/mol. The van der Waals surface area contributed by atoms with Gasteiger partial charge in [-0.15, -0.1) is 0 Å². The van der Waals surface area contributed by atoms with Crippen LogP contribution in [0.2, 0.25) is 0 Å². The summed E-state index contributed by atoms with van der Waals surface area (Å²) in [5, 5.41) is 0. The van der Waals surface area contributed by atoms with Gasteiger partial charge < -0.3 is 15.2 Å². The molecule has 0 fully saturated rings. The molecule has 0 atom stereocenters. The highest BCUT2D eigenvalue weighted by molar-refractivity contribution is 9.10. The van der Waals surface area contributed by atoms with Gasteiger partial charge in [-0.2, -0.15) is 9.97 Å². The molecule has 1 aromatic heterocycles. The second kappa shape index (κ2) is 5.53. The minimum absolute atomic E-state index is 0.174. The quantitative estimate of drug-likeness (QED) is 0.834. The molecule has 0 spiro atoms. The van der Waals surface area contributed by atoms with Crippen LogP contribution in [0.1, 0.15) is 0 Å². The zero-order valence-electron chi connectivity index (χ0n) is 9.35. The van der Waals surface area contributed by atoms with E-state index in [2.05, 4.69) is 41.8 Å². The summed E-state index contributed by atoms with van der Waals surface area (Å²) in [5.41, 5.74) is 5.60. The molecule has 0 bridgehead atoms. The summed E-state index contributed by atoms with van der Waals surface area (Å²) in [4.78, 5) is 8.04. The van der Waals surface area contributed by atoms with Gasteiger partial charge >= 0.3 is 6.01 Å². The van der Waals surface area contributed by atoms with E-state index in [-0.39, 0.29) is 6.01 Å². The number of rotatable bonds is 3. The fraction of sp³-hybridized carbons (Fsp3) is 0.0909. The molecule has 1 aromatic carbocycles. The van der Waals surface area contributed by atoms with Crippen LogP contribution in [0.3, 0.4) is 0 Å². The summed E-state index contributed by atoms with van der Waals surface area (Å²) >= 11 is 6.60. The number of ether oxygens (including phenoxy) is 2. The molecule has 0 amide bonds. The van der Waals surface area contributed by atoms with Crippen LogP contribution in [0.25, 0.3) is 0 Å². The van der Waals surface area contributed by atoms with Gasteiger partial charge in [0, 0.05) is 6.07 Å². The molecule has 1 heterocycles. The smallest absolute Gasteiger partial charge is 0.325 e. The number of nitrogens with two attached hydrogens (primary N) is 1. The molecule has 0 saturated carbocycles. The lowest BCUT2D eigenvalue weighted by molar-refractivity contribution is 0.409. The molecule has 5 nitrogen and oxygen atoms in total. The van der Waals surface area contributed by atoms with E-state index < -0.39 is 0 Å². The van der Waals surface area contributed by atoms with E-state index >= 15 is 0 Å². The summed E-state index contributed by atoms with van der Waals surface area (Å²) in [6.07, 6.45) is 0. The Morgan fingerprint density at radius 3 is 2.56 bits per heavy atom. The number of halogens is 2. The molecular formula is C11H9Br2N3O2. The summed E-state index contributed by atoms with van der Waals surface area (Å²) in [7, 11) is 1.60. The molecule has 0 saturated heterocycles. The Hall–Kier alpha value is -1.34. The molecule has 18 heavy (non-hydrogen) atoms. The van der Waals surface area contributed by atoms with Crippen molar-refractivity contribution in [3.8, 4) is 17.5 Å².